The van der Waals surface area contributed by atoms with Gasteiger partial charge in [0.1, 0.15) is 16.9 Å². The van der Waals surface area contributed by atoms with Crippen LogP contribution in [0.2, 0.25) is 0 Å². The van der Waals surface area contributed by atoms with Crippen molar-refractivity contribution in [2.75, 3.05) is 5.32 Å². The van der Waals surface area contributed by atoms with Gasteiger partial charge < -0.3 is 5.32 Å². The SMILES string of the molecule is O=C(Nc1sc2c(c1C(=O)c1ccccc1)CCC2)c1ccc([N+](=O)[O-])cn1. The van der Waals surface area contributed by atoms with Gasteiger partial charge in [-0.1, -0.05) is 30.3 Å². The van der Waals surface area contributed by atoms with Crippen LogP contribution in [0.5, 0.6) is 0 Å². The van der Waals surface area contributed by atoms with Crippen LogP contribution in [0, 0.1) is 10.1 Å². The highest BCUT2D eigenvalue weighted by Gasteiger charge is 2.28. The Morgan fingerprint density at radius 1 is 1.11 bits per heavy atom. The van der Waals surface area contributed by atoms with Gasteiger partial charge in [-0.15, -0.1) is 11.3 Å². The van der Waals surface area contributed by atoms with Gasteiger partial charge in [-0.05, 0) is 30.9 Å². The molecule has 0 atom stereocenters. The lowest BCUT2D eigenvalue weighted by atomic mass is 10.0. The summed E-state index contributed by atoms with van der Waals surface area (Å²) in [5.41, 5.74) is 1.98. The summed E-state index contributed by atoms with van der Waals surface area (Å²) in [6.45, 7) is 0. The zero-order valence-corrected chi connectivity index (χ0v) is 15.5. The predicted molar refractivity (Wildman–Crippen MR) is 105 cm³/mol. The number of fused-ring (bicyclic) bond motifs is 1. The zero-order valence-electron chi connectivity index (χ0n) is 14.7. The zero-order chi connectivity index (χ0) is 19.7. The molecule has 28 heavy (non-hydrogen) atoms. The molecule has 2 heterocycles. The van der Waals surface area contributed by atoms with Crippen LogP contribution >= 0.6 is 11.3 Å². The van der Waals surface area contributed by atoms with Crippen molar-refractivity contribution in [3.05, 3.63) is 86.0 Å². The van der Waals surface area contributed by atoms with Gasteiger partial charge in [0.05, 0.1) is 10.5 Å². The maximum atomic E-state index is 13.1. The predicted octanol–water partition coefficient (Wildman–Crippen LogP) is 4.02. The number of aryl methyl sites for hydroxylation is 1. The number of carbonyl (C=O) groups is 2. The molecule has 0 saturated carbocycles. The van der Waals surface area contributed by atoms with Crippen molar-refractivity contribution in [3.63, 3.8) is 0 Å². The summed E-state index contributed by atoms with van der Waals surface area (Å²) in [4.78, 5) is 40.8. The fourth-order valence-corrected chi connectivity index (χ4v) is 4.54. The molecule has 1 aliphatic carbocycles. The Morgan fingerprint density at radius 3 is 2.57 bits per heavy atom. The number of hydrogen-bond donors (Lipinski definition) is 1. The fraction of sp³-hybridized carbons (Fsp3) is 0.150. The number of benzene rings is 1. The van der Waals surface area contributed by atoms with Crippen LogP contribution < -0.4 is 5.32 Å². The van der Waals surface area contributed by atoms with Crippen molar-refractivity contribution in [2.45, 2.75) is 19.3 Å². The van der Waals surface area contributed by atoms with E-state index in [-0.39, 0.29) is 17.2 Å². The molecular weight excluding hydrogens is 378 g/mol. The molecule has 2 aromatic heterocycles. The largest absolute Gasteiger partial charge is 0.312 e. The van der Waals surface area contributed by atoms with Gasteiger partial charge in [0.15, 0.2) is 5.78 Å². The number of amides is 1. The molecule has 0 saturated heterocycles. The molecule has 1 aromatic carbocycles. The van der Waals surface area contributed by atoms with E-state index < -0.39 is 10.8 Å². The fourth-order valence-electron chi connectivity index (χ4n) is 3.26. The maximum absolute atomic E-state index is 13.1. The number of rotatable bonds is 5. The molecule has 0 spiro atoms. The molecule has 0 aliphatic heterocycles. The number of aromatic nitrogens is 1. The third-order valence-electron chi connectivity index (χ3n) is 4.60. The van der Waals surface area contributed by atoms with Crippen molar-refractivity contribution in [3.8, 4) is 0 Å². The maximum Gasteiger partial charge on any atom is 0.287 e. The first-order valence-corrected chi connectivity index (χ1v) is 9.52. The van der Waals surface area contributed by atoms with E-state index in [1.807, 2.05) is 6.07 Å². The van der Waals surface area contributed by atoms with E-state index in [9.17, 15) is 19.7 Å². The van der Waals surface area contributed by atoms with Crippen LogP contribution in [0.3, 0.4) is 0 Å². The van der Waals surface area contributed by atoms with E-state index in [1.165, 1.54) is 23.5 Å². The highest BCUT2D eigenvalue weighted by Crippen LogP contribution is 2.40. The van der Waals surface area contributed by atoms with Gasteiger partial charge in [0.25, 0.3) is 11.6 Å². The van der Waals surface area contributed by atoms with E-state index in [1.54, 1.807) is 24.3 Å². The molecule has 4 rings (SSSR count). The molecule has 7 nitrogen and oxygen atoms in total. The Hall–Kier alpha value is -3.39. The van der Waals surface area contributed by atoms with Crippen molar-refractivity contribution >= 4 is 33.7 Å². The first-order valence-electron chi connectivity index (χ1n) is 8.70. The normalized spacial score (nSPS) is 12.4. The molecule has 140 valence electrons. The highest BCUT2D eigenvalue weighted by molar-refractivity contribution is 7.17. The molecule has 1 N–H and O–H groups in total. The van der Waals surface area contributed by atoms with Gasteiger partial charge in [0.2, 0.25) is 0 Å². The Labute approximate surface area is 164 Å². The van der Waals surface area contributed by atoms with Crippen LogP contribution in [-0.4, -0.2) is 21.6 Å². The van der Waals surface area contributed by atoms with Gasteiger partial charge in [-0.2, -0.15) is 0 Å². The third kappa shape index (κ3) is 3.29. The second kappa shape index (κ2) is 7.32. The minimum Gasteiger partial charge on any atom is -0.312 e. The lowest BCUT2D eigenvalue weighted by Gasteiger charge is -2.08. The van der Waals surface area contributed by atoms with E-state index in [0.717, 1.165) is 35.9 Å². The summed E-state index contributed by atoms with van der Waals surface area (Å²) in [6.07, 6.45) is 3.74. The third-order valence-corrected chi connectivity index (χ3v) is 5.81. The number of pyridine rings is 1. The van der Waals surface area contributed by atoms with E-state index in [2.05, 4.69) is 10.3 Å². The van der Waals surface area contributed by atoms with Crippen LogP contribution in [0.15, 0.2) is 48.7 Å². The van der Waals surface area contributed by atoms with Crippen molar-refractivity contribution in [1.82, 2.24) is 4.98 Å². The quantitative estimate of drug-likeness (QED) is 0.401. The minimum atomic E-state index is -0.574. The Kier molecular flexibility index (Phi) is 4.70. The standard InChI is InChI=1S/C20H15N3O4S/c24-18(12-5-2-1-3-6-12)17-14-7-4-8-16(14)28-20(17)22-19(25)15-10-9-13(11-21-15)23(26)27/h1-3,5-6,9-11H,4,7-8H2,(H,22,25). The number of carbonyl (C=O) groups excluding carboxylic acids is 2. The summed E-state index contributed by atoms with van der Waals surface area (Å²) in [6, 6.07) is 11.5. The van der Waals surface area contributed by atoms with Gasteiger partial charge >= 0.3 is 0 Å². The second-order valence-electron chi connectivity index (χ2n) is 6.37. The molecule has 0 unspecified atom stereocenters. The Bertz CT molecular complexity index is 1070. The van der Waals surface area contributed by atoms with Crippen LogP contribution in [0.25, 0.3) is 0 Å². The molecular formula is C20H15N3O4S. The molecule has 0 fully saturated rings. The Morgan fingerprint density at radius 2 is 1.89 bits per heavy atom. The van der Waals surface area contributed by atoms with Crippen molar-refractivity contribution in [1.29, 1.82) is 0 Å². The second-order valence-corrected chi connectivity index (χ2v) is 7.47. The summed E-state index contributed by atoms with van der Waals surface area (Å²) in [5, 5.41) is 14.0. The smallest absolute Gasteiger partial charge is 0.287 e. The van der Waals surface area contributed by atoms with Gasteiger partial charge in [-0.25, -0.2) is 4.98 Å². The first kappa shape index (κ1) is 18.0. The minimum absolute atomic E-state index is 0.0530. The van der Waals surface area contributed by atoms with Crippen LogP contribution in [0.1, 0.15) is 43.3 Å². The summed E-state index contributed by atoms with van der Waals surface area (Å²) < 4.78 is 0. The summed E-state index contributed by atoms with van der Waals surface area (Å²) in [5.74, 6) is -0.621. The lowest BCUT2D eigenvalue weighted by Crippen LogP contribution is -2.15. The van der Waals surface area contributed by atoms with E-state index in [0.29, 0.717) is 16.1 Å². The van der Waals surface area contributed by atoms with Gasteiger partial charge in [0, 0.05) is 16.5 Å². The number of nitro groups is 1. The number of nitrogens with one attached hydrogen (secondary N) is 1. The summed E-state index contributed by atoms with van der Waals surface area (Å²) in [7, 11) is 0. The Balaban J connectivity index is 1.66. The lowest BCUT2D eigenvalue weighted by molar-refractivity contribution is -0.385. The number of hydrogen-bond acceptors (Lipinski definition) is 6. The molecule has 0 radical (unpaired) electrons. The summed E-state index contributed by atoms with van der Waals surface area (Å²) >= 11 is 1.41. The topological polar surface area (TPSA) is 102 Å². The van der Waals surface area contributed by atoms with Crippen LogP contribution in [0.4, 0.5) is 10.7 Å². The molecule has 3 aromatic rings. The van der Waals surface area contributed by atoms with Crippen LogP contribution in [-0.2, 0) is 12.8 Å². The first-order chi connectivity index (χ1) is 13.5. The number of anilines is 1. The number of nitrogens with zero attached hydrogens (tertiary/aromatic N) is 2. The molecule has 1 amide bonds. The van der Waals surface area contributed by atoms with Crippen molar-refractivity contribution < 1.29 is 14.5 Å². The molecule has 0 bridgehead atoms. The molecule has 8 heteroatoms. The highest BCUT2D eigenvalue weighted by atomic mass is 32.1. The number of ketones is 1. The monoisotopic (exact) mass is 393 g/mol. The van der Waals surface area contributed by atoms with Crippen molar-refractivity contribution in [2.24, 2.45) is 0 Å². The van der Waals surface area contributed by atoms with E-state index >= 15 is 0 Å². The molecule has 1 aliphatic rings. The average molecular weight is 393 g/mol. The average Bonchev–Trinajstić information content (AvgIpc) is 3.29. The number of thiophene rings is 1. The van der Waals surface area contributed by atoms with Gasteiger partial charge in [-0.3, -0.25) is 19.7 Å². The van der Waals surface area contributed by atoms with E-state index in [4.69, 9.17) is 0 Å².